The van der Waals surface area contributed by atoms with E-state index in [4.69, 9.17) is 0 Å². The second-order valence-corrected chi connectivity index (χ2v) is 6.97. The Morgan fingerprint density at radius 2 is 1.64 bits per heavy atom. The summed E-state index contributed by atoms with van der Waals surface area (Å²) in [7, 11) is 0. The predicted octanol–water partition coefficient (Wildman–Crippen LogP) is 2.93. The Morgan fingerprint density at radius 1 is 1.04 bits per heavy atom. The van der Waals surface area contributed by atoms with Crippen LogP contribution in [0.1, 0.15) is 37.8 Å². The van der Waals surface area contributed by atoms with E-state index in [1.165, 1.54) is 5.56 Å². The fraction of sp³-hybridized carbons (Fsp3) is 0.450. The van der Waals surface area contributed by atoms with E-state index in [2.05, 4.69) is 53.0 Å². The van der Waals surface area contributed by atoms with Gasteiger partial charge in [-0.15, -0.1) is 0 Å². The van der Waals surface area contributed by atoms with Gasteiger partial charge in [0.1, 0.15) is 0 Å². The summed E-state index contributed by atoms with van der Waals surface area (Å²) in [6, 6.07) is 8.47. The zero-order valence-corrected chi connectivity index (χ0v) is 15.3. The normalized spacial score (nSPS) is 15.6. The SMILES string of the molecule is CC(=O)N1CCN(Cc2ccc(-c3ncc(C(C)C)cn3)cc2)CC1. The summed E-state index contributed by atoms with van der Waals surface area (Å²) in [6.07, 6.45) is 3.82. The molecule has 5 heteroatoms. The summed E-state index contributed by atoms with van der Waals surface area (Å²) in [5, 5.41) is 0. The predicted molar refractivity (Wildman–Crippen MR) is 99.1 cm³/mol. The van der Waals surface area contributed by atoms with Crippen molar-refractivity contribution in [1.29, 1.82) is 0 Å². The highest BCUT2D eigenvalue weighted by atomic mass is 16.2. The van der Waals surface area contributed by atoms with Gasteiger partial charge in [-0.05, 0) is 17.0 Å². The molecule has 0 bridgehead atoms. The molecule has 0 aliphatic carbocycles. The van der Waals surface area contributed by atoms with Crippen molar-refractivity contribution in [2.75, 3.05) is 26.2 Å². The fourth-order valence-corrected chi connectivity index (χ4v) is 3.02. The van der Waals surface area contributed by atoms with E-state index in [9.17, 15) is 4.79 Å². The van der Waals surface area contributed by atoms with Crippen molar-refractivity contribution >= 4 is 5.91 Å². The number of rotatable bonds is 4. The van der Waals surface area contributed by atoms with Crippen LogP contribution in [0.2, 0.25) is 0 Å². The zero-order chi connectivity index (χ0) is 17.8. The Balaban J connectivity index is 1.60. The van der Waals surface area contributed by atoms with Crippen molar-refractivity contribution < 1.29 is 4.79 Å². The maximum Gasteiger partial charge on any atom is 0.219 e. The van der Waals surface area contributed by atoms with Gasteiger partial charge in [-0.3, -0.25) is 9.69 Å². The minimum absolute atomic E-state index is 0.174. The molecule has 1 saturated heterocycles. The van der Waals surface area contributed by atoms with Crippen LogP contribution in [0.4, 0.5) is 0 Å². The zero-order valence-electron chi connectivity index (χ0n) is 15.3. The molecule has 1 fully saturated rings. The molecule has 3 rings (SSSR count). The van der Waals surface area contributed by atoms with Gasteiger partial charge >= 0.3 is 0 Å². The summed E-state index contributed by atoms with van der Waals surface area (Å²) >= 11 is 0. The third-order valence-electron chi connectivity index (χ3n) is 4.77. The van der Waals surface area contributed by atoms with Gasteiger partial charge in [0.2, 0.25) is 5.91 Å². The van der Waals surface area contributed by atoms with Crippen molar-refractivity contribution in [2.45, 2.75) is 33.2 Å². The van der Waals surface area contributed by atoms with Gasteiger partial charge in [-0.25, -0.2) is 9.97 Å². The van der Waals surface area contributed by atoms with Crippen LogP contribution in [0.25, 0.3) is 11.4 Å². The molecule has 0 radical (unpaired) electrons. The topological polar surface area (TPSA) is 49.3 Å². The molecule has 0 atom stereocenters. The molecule has 0 unspecified atom stereocenters. The van der Waals surface area contributed by atoms with E-state index in [0.29, 0.717) is 5.92 Å². The first-order valence-corrected chi connectivity index (χ1v) is 8.92. The molecule has 1 aliphatic heterocycles. The smallest absolute Gasteiger partial charge is 0.219 e. The number of carbonyl (C=O) groups excluding carboxylic acids is 1. The van der Waals surface area contributed by atoms with Gasteiger partial charge in [-0.1, -0.05) is 38.1 Å². The van der Waals surface area contributed by atoms with Crippen LogP contribution in [0.15, 0.2) is 36.7 Å². The molecule has 0 spiro atoms. The molecule has 5 nitrogen and oxygen atoms in total. The molecular formula is C20H26N4O. The second-order valence-electron chi connectivity index (χ2n) is 6.97. The fourth-order valence-electron chi connectivity index (χ4n) is 3.02. The number of amides is 1. The van der Waals surface area contributed by atoms with E-state index in [1.807, 2.05) is 17.3 Å². The summed E-state index contributed by atoms with van der Waals surface area (Å²) in [4.78, 5) is 24.7. The number of aromatic nitrogens is 2. The third-order valence-corrected chi connectivity index (χ3v) is 4.77. The summed E-state index contributed by atoms with van der Waals surface area (Å²) in [5.41, 5.74) is 3.48. The Labute approximate surface area is 149 Å². The van der Waals surface area contributed by atoms with Crippen LogP contribution in [-0.2, 0) is 11.3 Å². The maximum atomic E-state index is 11.4. The minimum atomic E-state index is 0.174. The van der Waals surface area contributed by atoms with Gasteiger partial charge in [0.15, 0.2) is 5.82 Å². The second kappa shape index (κ2) is 7.74. The summed E-state index contributed by atoms with van der Waals surface area (Å²) < 4.78 is 0. The van der Waals surface area contributed by atoms with Crippen LogP contribution >= 0.6 is 0 Å². The first-order valence-electron chi connectivity index (χ1n) is 8.92. The van der Waals surface area contributed by atoms with Crippen molar-refractivity contribution in [3.05, 3.63) is 47.8 Å². The highest BCUT2D eigenvalue weighted by Crippen LogP contribution is 2.19. The largest absolute Gasteiger partial charge is 0.340 e. The lowest BCUT2D eigenvalue weighted by Gasteiger charge is -2.34. The molecule has 1 aliphatic rings. The van der Waals surface area contributed by atoms with Gasteiger partial charge in [0, 0.05) is 57.6 Å². The molecule has 1 aromatic heterocycles. The standard InChI is InChI=1S/C20H26N4O/c1-15(2)19-12-21-20(22-13-19)18-6-4-17(5-7-18)14-23-8-10-24(11-9-23)16(3)25/h4-7,12-13,15H,8-11,14H2,1-3H3. The number of nitrogens with zero attached hydrogens (tertiary/aromatic N) is 4. The van der Waals surface area contributed by atoms with Crippen molar-refractivity contribution in [1.82, 2.24) is 19.8 Å². The maximum absolute atomic E-state index is 11.4. The Hall–Kier alpha value is -2.27. The lowest BCUT2D eigenvalue weighted by Crippen LogP contribution is -2.47. The van der Waals surface area contributed by atoms with Crippen molar-refractivity contribution in [3.63, 3.8) is 0 Å². The molecule has 25 heavy (non-hydrogen) atoms. The Bertz CT molecular complexity index is 701. The van der Waals surface area contributed by atoms with Crippen LogP contribution in [0.5, 0.6) is 0 Å². The Kier molecular flexibility index (Phi) is 5.43. The van der Waals surface area contributed by atoms with Crippen LogP contribution in [0.3, 0.4) is 0 Å². The molecule has 2 aromatic rings. The molecule has 2 heterocycles. The van der Waals surface area contributed by atoms with Crippen LogP contribution in [0, 0.1) is 0 Å². The van der Waals surface area contributed by atoms with E-state index in [-0.39, 0.29) is 5.91 Å². The highest BCUT2D eigenvalue weighted by molar-refractivity contribution is 5.73. The average molecular weight is 338 g/mol. The highest BCUT2D eigenvalue weighted by Gasteiger charge is 2.18. The molecular weight excluding hydrogens is 312 g/mol. The van der Waals surface area contributed by atoms with Gasteiger partial charge in [-0.2, -0.15) is 0 Å². The summed E-state index contributed by atoms with van der Waals surface area (Å²) in [5.74, 6) is 1.39. The van der Waals surface area contributed by atoms with Gasteiger partial charge in [0.25, 0.3) is 0 Å². The van der Waals surface area contributed by atoms with Crippen molar-refractivity contribution in [2.24, 2.45) is 0 Å². The van der Waals surface area contributed by atoms with Crippen molar-refractivity contribution in [3.8, 4) is 11.4 Å². The van der Waals surface area contributed by atoms with Gasteiger partial charge < -0.3 is 4.90 Å². The quantitative estimate of drug-likeness (QED) is 0.860. The minimum Gasteiger partial charge on any atom is -0.340 e. The summed E-state index contributed by atoms with van der Waals surface area (Å²) in [6.45, 7) is 10.4. The molecule has 0 N–H and O–H groups in total. The number of piperazine rings is 1. The van der Waals surface area contributed by atoms with E-state index in [0.717, 1.165) is 49.7 Å². The number of benzene rings is 1. The van der Waals surface area contributed by atoms with E-state index >= 15 is 0 Å². The average Bonchev–Trinajstić information content (AvgIpc) is 2.63. The molecule has 132 valence electrons. The van der Waals surface area contributed by atoms with Crippen LogP contribution < -0.4 is 0 Å². The molecule has 1 amide bonds. The monoisotopic (exact) mass is 338 g/mol. The third kappa shape index (κ3) is 4.42. The number of hydrogen-bond donors (Lipinski definition) is 0. The first kappa shape index (κ1) is 17.5. The molecule has 0 saturated carbocycles. The molecule has 1 aromatic carbocycles. The number of carbonyl (C=O) groups is 1. The van der Waals surface area contributed by atoms with E-state index < -0.39 is 0 Å². The first-order chi connectivity index (χ1) is 12.0. The Morgan fingerprint density at radius 3 is 2.16 bits per heavy atom. The number of hydrogen-bond acceptors (Lipinski definition) is 4. The van der Waals surface area contributed by atoms with Gasteiger partial charge in [0.05, 0.1) is 0 Å². The lowest BCUT2D eigenvalue weighted by atomic mass is 10.1. The van der Waals surface area contributed by atoms with Crippen LogP contribution in [-0.4, -0.2) is 51.9 Å². The lowest BCUT2D eigenvalue weighted by molar-refractivity contribution is -0.130. The van der Waals surface area contributed by atoms with E-state index in [1.54, 1.807) is 6.92 Å².